The third kappa shape index (κ3) is 4.53. The molecule has 1 aromatic heterocycles. The van der Waals surface area contributed by atoms with E-state index < -0.39 is 0 Å². The van der Waals surface area contributed by atoms with Gasteiger partial charge in [-0.15, -0.1) is 0 Å². The van der Waals surface area contributed by atoms with Gasteiger partial charge in [-0.05, 0) is 53.9 Å². The SMILES string of the molecule is Cc1ccc2nc(N(CCCN3CCOCC3)C(=O)c3ccc4ccccc4c3)sc2c1. The van der Waals surface area contributed by atoms with Crippen molar-refractivity contribution in [1.29, 1.82) is 0 Å². The van der Waals surface area contributed by atoms with Crippen molar-refractivity contribution < 1.29 is 9.53 Å². The maximum absolute atomic E-state index is 13.7. The average Bonchev–Trinajstić information content (AvgIpc) is 3.24. The molecule has 0 spiro atoms. The van der Waals surface area contributed by atoms with Crippen LogP contribution in [0.5, 0.6) is 0 Å². The number of aromatic nitrogens is 1. The molecule has 0 aliphatic carbocycles. The number of ether oxygens (including phenoxy) is 1. The van der Waals surface area contributed by atoms with Crippen LogP contribution in [-0.2, 0) is 4.74 Å². The molecule has 0 radical (unpaired) electrons. The third-order valence-corrected chi connectivity index (χ3v) is 7.01. The molecule has 3 aromatic carbocycles. The molecule has 164 valence electrons. The van der Waals surface area contributed by atoms with Gasteiger partial charge >= 0.3 is 0 Å². The van der Waals surface area contributed by atoms with Crippen molar-refractivity contribution in [3.8, 4) is 0 Å². The van der Waals surface area contributed by atoms with E-state index in [9.17, 15) is 4.79 Å². The number of rotatable bonds is 6. The quantitative estimate of drug-likeness (QED) is 0.413. The van der Waals surface area contributed by atoms with E-state index in [0.717, 1.165) is 65.4 Å². The van der Waals surface area contributed by atoms with Gasteiger partial charge in [0.15, 0.2) is 5.13 Å². The van der Waals surface area contributed by atoms with E-state index in [0.29, 0.717) is 12.1 Å². The highest BCUT2D eigenvalue weighted by atomic mass is 32.1. The van der Waals surface area contributed by atoms with E-state index >= 15 is 0 Å². The number of fused-ring (bicyclic) bond motifs is 2. The Bertz CT molecular complexity index is 1250. The van der Waals surface area contributed by atoms with Crippen LogP contribution in [0.4, 0.5) is 5.13 Å². The van der Waals surface area contributed by atoms with Crippen LogP contribution in [0.25, 0.3) is 21.0 Å². The van der Waals surface area contributed by atoms with Crippen molar-refractivity contribution in [2.45, 2.75) is 13.3 Å². The molecule has 0 saturated carbocycles. The van der Waals surface area contributed by atoms with Crippen LogP contribution < -0.4 is 4.90 Å². The Morgan fingerprint density at radius 3 is 2.72 bits per heavy atom. The lowest BCUT2D eigenvalue weighted by molar-refractivity contribution is 0.0376. The number of aryl methyl sites for hydroxylation is 1. The minimum Gasteiger partial charge on any atom is -0.379 e. The summed E-state index contributed by atoms with van der Waals surface area (Å²) in [5.41, 5.74) is 2.85. The van der Waals surface area contributed by atoms with E-state index in [1.165, 1.54) is 5.56 Å². The molecule has 1 amide bonds. The Morgan fingerprint density at radius 2 is 1.88 bits per heavy atom. The summed E-state index contributed by atoms with van der Waals surface area (Å²) in [5, 5.41) is 2.98. The standard InChI is InChI=1S/C26H27N3O2S/c1-19-7-10-23-24(17-19)32-26(27-23)29(12-4-11-28-13-15-31-16-14-28)25(30)22-9-8-20-5-2-3-6-21(20)18-22/h2-3,5-10,17-18H,4,11-16H2,1H3. The highest BCUT2D eigenvalue weighted by Gasteiger charge is 2.22. The number of benzene rings is 3. The molecule has 32 heavy (non-hydrogen) atoms. The van der Waals surface area contributed by atoms with Gasteiger partial charge < -0.3 is 4.74 Å². The van der Waals surface area contributed by atoms with Gasteiger partial charge in [-0.25, -0.2) is 4.98 Å². The summed E-state index contributed by atoms with van der Waals surface area (Å²) in [4.78, 5) is 22.8. The smallest absolute Gasteiger partial charge is 0.260 e. The van der Waals surface area contributed by atoms with Crippen molar-refractivity contribution in [3.05, 3.63) is 71.8 Å². The third-order valence-electron chi connectivity index (χ3n) is 5.96. The molecule has 5 nitrogen and oxygen atoms in total. The van der Waals surface area contributed by atoms with Gasteiger partial charge in [0.05, 0.1) is 23.4 Å². The van der Waals surface area contributed by atoms with E-state index in [4.69, 9.17) is 9.72 Å². The van der Waals surface area contributed by atoms with Crippen molar-refractivity contribution in [2.75, 3.05) is 44.3 Å². The van der Waals surface area contributed by atoms with Gasteiger partial charge in [-0.2, -0.15) is 0 Å². The highest BCUT2D eigenvalue weighted by molar-refractivity contribution is 7.22. The summed E-state index contributed by atoms with van der Waals surface area (Å²) in [6, 6.07) is 20.3. The number of hydrogen-bond donors (Lipinski definition) is 0. The first-order chi connectivity index (χ1) is 15.7. The molecule has 0 atom stereocenters. The summed E-state index contributed by atoms with van der Waals surface area (Å²) in [7, 11) is 0. The van der Waals surface area contributed by atoms with Crippen molar-refractivity contribution in [2.24, 2.45) is 0 Å². The molecule has 1 saturated heterocycles. The Labute approximate surface area is 192 Å². The first-order valence-corrected chi connectivity index (χ1v) is 12.0. The van der Waals surface area contributed by atoms with Gasteiger partial charge in [0, 0.05) is 31.7 Å². The first-order valence-electron chi connectivity index (χ1n) is 11.2. The molecular formula is C26H27N3O2S. The van der Waals surface area contributed by atoms with E-state index in [1.807, 2.05) is 41.3 Å². The molecule has 1 aliphatic heterocycles. The molecule has 4 aromatic rings. The van der Waals surface area contributed by atoms with Crippen LogP contribution in [-0.4, -0.2) is 55.2 Å². The zero-order chi connectivity index (χ0) is 21.9. The average molecular weight is 446 g/mol. The Kier molecular flexibility index (Phi) is 6.17. The minimum absolute atomic E-state index is 0.00788. The number of carbonyl (C=O) groups excluding carboxylic acids is 1. The number of nitrogens with zero attached hydrogens (tertiary/aromatic N) is 3. The fourth-order valence-corrected chi connectivity index (χ4v) is 5.26. The van der Waals surface area contributed by atoms with Crippen LogP contribution in [0.1, 0.15) is 22.3 Å². The molecular weight excluding hydrogens is 418 g/mol. The van der Waals surface area contributed by atoms with Crippen molar-refractivity contribution >= 4 is 43.4 Å². The first kappa shape index (κ1) is 21.1. The van der Waals surface area contributed by atoms with Crippen LogP contribution in [0.2, 0.25) is 0 Å². The lowest BCUT2D eigenvalue weighted by atomic mass is 10.1. The van der Waals surface area contributed by atoms with E-state index in [-0.39, 0.29) is 5.91 Å². The predicted octanol–water partition coefficient (Wildman–Crippen LogP) is 5.13. The molecule has 5 rings (SSSR count). The maximum atomic E-state index is 13.7. The van der Waals surface area contributed by atoms with Crippen LogP contribution >= 0.6 is 11.3 Å². The lowest BCUT2D eigenvalue weighted by Crippen LogP contribution is -2.39. The van der Waals surface area contributed by atoms with E-state index in [1.54, 1.807) is 11.3 Å². The Balaban J connectivity index is 1.43. The van der Waals surface area contributed by atoms with Gasteiger partial charge in [-0.3, -0.25) is 14.6 Å². The van der Waals surface area contributed by atoms with Crippen LogP contribution in [0.3, 0.4) is 0 Å². The van der Waals surface area contributed by atoms with Crippen LogP contribution in [0, 0.1) is 6.92 Å². The number of amides is 1. The van der Waals surface area contributed by atoms with Gasteiger partial charge in [0.2, 0.25) is 0 Å². The summed E-state index contributed by atoms with van der Waals surface area (Å²) in [5.74, 6) is 0.00788. The second-order valence-electron chi connectivity index (χ2n) is 8.29. The number of anilines is 1. The number of carbonyl (C=O) groups is 1. The molecule has 2 heterocycles. The maximum Gasteiger partial charge on any atom is 0.260 e. The van der Waals surface area contributed by atoms with Gasteiger partial charge in [0.1, 0.15) is 0 Å². The number of morpholine rings is 1. The fourth-order valence-electron chi connectivity index (χ4n) is 4.17. The van der Waals surface area contributed by atoms with Crippen LogP contribution in [0.15, 0.2) is 60.7 Å². The molecule has 6 heteroatoms. The largest absolute Gasteiger partial charge is 0.379 e. The normalized spacial score (nSPS) is 14.8. The molecule has 0 bridgehead atoms. The monoisotopic (exact) mass is 445 g/mol. The predicted molar refractivity (Wildman–Crippen MR) is 132 cm³/mol. The topological polar surface area (TPSA) is 45.7 Å². The van der Waals surface area contributed by atoms with Gasteiger partial charge in [0.25, 0.3) is 5.91 Å². The number of thiazole rings is 1. The second-order valence-corrected chi connectivity index (χ2v) is 9.30. The summed E-state index contributed by atoms with van der Waals surface area (Å²) >= 11 is 1.59. The minimum atomic E-state index is 0.00788. The molecule has 0 unspecified atom stereocenters. The number of hydrogen-bond acceptors (Lipinski definition) is 5. The van der Waals surface area contributed by atoms with E-state index in [2.05, 4.69) is 36.1 Å². The zero-order valence-corrected chi connectivity index (χ0v) is 19.1. The second kappa shape index (κ2) is 9.36. The summed E-state index contributed by atoms with van der Waals surface area (Å²) in [6.45, 7) is 7.17. The summed E-state index contributed by atoms with van der Waals surface area (Å²) < 4.78 is 6.57. The summed E-state index contributed by atoms with van der Waals surface area (Å²) in [6.07, 6.45) is 0.897. The zero-order valence-electron chi connectivity index (χ0n) is 18.3. The Morgan fingerprint density at radius 1 is 1.06 bits per heavy atom. The highest BCUT2D eigenvalue weighted by Crippen LogP contribution is 2.31. The Hall–Kier alpha value is -2.80. The molecule has 1 fully saturated rings. The van der Waals surface area contributed by atoms with Crippen molar-refractivity contribution in [3.63, 3.8) is 0 Å². The molecule has 1 aliphatic rings. The lowest BCUT2D eigenvalue weighted by Gasteiger charge is -2.27. The fraction of sp³-hybridized carbons (Fsp3) is 0.308. The molecule has 0 N–H and O–H groups in total. The van der Waals surface area contributed by atoms with Crippen molar-refractivity contribution in [1.82, 2.24) is 9.88 Å². The van der Waals surface area contributed by atoms with Gasteiger partial charge in [-0.1, -0.05) is 47.7 Å².